The Bertz CT molecular complexity index is 314. The molecule has 0 fully saturated rings. The van der Waals surface area contributed by atoms with E-state index in [9.17, 15) is 9.50 Å². The Hall–Kier alpha value is -1.09. The number of phenols is 1. The SMILES string of the molecule is CCC(C)[C@H](N)c1cccc(F)c1O. The second-order valence-corrected chi connectivity index (χ2v) is 3.59. The molecular weight excluding hydrogens is 181 g/mol. The maximum absolute atomic E-state index is 13.0. The first kappa shape index (κ1) is 11.0. The number of hydrogen-bond donors (Lipinski definition) is 2. The van der Waals surface area contributed by atoms with E-state index < -0.39 is 5.82 Å². The number of phenolic OH excluding ortho intramolecular Hbond substituents is 1. The van der Waals surface area contributed by atoms with Gasteiger partial charge in [0.25, 0.3) is 0 Å². The van der Waals surface area contributed by atoms with Crippen LogP contribution in [-0.4, -0.2) is 5.11 Å². The van der Waals surface area contributed by atoms with Crippen molar-refractivity contribution in [1.82, 2.24) is 0 Å². The molecule has 0 heterocycles. The third-order valence-corrected chi connectivity index (χ3v) is 2.63. The van der Waals surface area contributed by atoms with E-state index in [1.54, 1.807) is 12.1 Å². The van der Waals surface area contributed by atoms with Gasteiger partial charge in [0.2, 0.25) is 0 Å². The molecular formula is C11H16FNO. The van der Waals surface area contributed by atoms with E-state index in [1.807, 2.05) is 13.8 Å². The fourth-order valence-electron chi connectivity index (χ4n) is 1.36. The molecule has 2 nitrogen and oxygen atoms in total. The molecule has 0 aliphatic rings. The van der Waals surface area contributed by atoms with Gasteiger partial charge in [-0.1, -0.05) is 32.4 Å². The number of rotatable bonds is 3. The topological polar surface area (TPSA) is 46.2 Å². The normalized spacial score (nSPS) is 15.1. The number of hydrogen-bond acceptors (Lipinski definition) is 2. The summed E-state index contributed by atoms with van der Waals surface area (Å²) in [7, 11) is 0. The van der Waals surface area contributed by atoms with Crippen LogP contribution >= 0.6 is 0 Å². The zero-order valence-electron chi connectivity index (χ0n) is 8.50. The molecule has 1 unspecified atom stereocenters. The molecule has 14 heavy (non-hydrogen) atoms. The van der Waals surface area contributed by atoms with Gasteiger partial charge < -0.3 is 10.8 Å². The van der Waals surface area contributed by atoms with Gasteiger partial charge in [-0.3, -0.25) is 0 Å². The van der Waals surface area contributed by atoms with E-state index in [-0.39, 0.29) is 17.7 Å². The molecule has 1 rings (SSSR count). The van der Waals surface area contributed by atoms with Crippen LogP contribution in [0.15, 0.2) is 18.2 Å². The van der Waals surface area contributed by atoms with Gasteiger partial charge in [-0.25, -0.2) is 4.39 Å². The largest absolute Gasteiger partial charge is 0.505 e. The Kier molecular flexibility index (Phi) is 3.47. The van der Waals surface area contributed by atoms with Crippen LogP contribution in [0, 0.1) is 11.7 Å². The Morgan fingerprint density at radius 1 is 1.50 bits per heavy atom. The summed E-state index contributed by atoms with van der Waals surface area (Å²) in [5, 5.41) is 9.46. The highest BCUT2D eigenvalue weighted by atomic mass is 19.1. The van der Waals surface area contributed by atoms with Gasteiger partial charge in [-0.05, 0) is 12.0 Å². The summed E-state index contributed by atoms with van der Waals surface area (Å²) in [6.45, 7) is 4.00. The molecule has 0 amide bonds. The molecule has 0 spiro atoms. The molecule has 3 heteroatoms. The van der Waals surface area contributed by atoms with Gasteiger partial charge in [0, 0.05) is 11.6 Å². The van der Waals surface area contributed by atoms with Gasteiger partial charge in [-0.15, -0.1) is 0 Å². The lowest BCUT2D eigenvalue weighted by atomic mass is 9.93. The smallest absolute Gasteiger partial charge is 0.165 e. The fourth-order valence-corrected chi connectivity index (χ4v) is 1.36. The van der Waals surface area contributed by atoms with Crippen LogP contribution in [0.2, 0.25) is 0 Å². The van der Waals surface area contributed by atoms with Gasteiger partial charge in [-0.2, -0.15) is 0 Å². The van der Waals surface area contributed by atoms with Crippen molar-refractivity contribution in [2.75, 3.05) is 0 Å². The van der Waals surface area contributed by atoms with Gasteiger partial charge in [0.05, 0.1) is 0 Å². The lowest BCUT2D eigenvalue weighted by Gasteiger charge is -2.19. The Labute approximate surface area is 83.6 Å². The number of benzene rings is 1. The lowest BCUT2D eigenvalue weighted by molar-refractivity contribution is 0.396. The van der Waals surface area contributed by atoms with Gasteiger partial charge in [0.15, 0.2) is 11.6 Å². The van der Waals surface area contributed by atoms with E-state index >= 15 is 0 Å². The predicted molar refractivity (Wildman–Crippen MR) is 54.4 cm³/mol. The summed E-state index contributed by atoms with van der Waals surface area (Å²) < 4.78 is 13.0. The van der Waals surface area contributed by atoms with Crippen molar-refractivity contribution in [3.63, 3.8) is 0 Å². The highest BCUT2D eigenvalue weighted by molar-refractivity contribution is 5.36. The quantitative estimate of drug-likeness (QED) is 0.782. The molecule has 0 aliphatic heterocycles. The average molecular weight is 197 g/mol. The molecule has 1 aromatic carbocycles. The maximum atomic E-state index is 13.0. The van der Waals surface area contributed by atoms with Crippen molar-refractivity contribution in [1.29, 1.82) is 0 Å². The van der Waals surface area contributed by atoms with E-state index in [0.717, 1.165) is 6.42 Å². The van der Waals surface area contributed by atoms with Crippen LogP contribution in [0.5, 0.6) is 5.75 Å². The van der Waals surface area contributed by atoms with Crippen LogP contribution in [0.3, 0.4) is 0 Å². The molecule has 0 aromatic heterocycles. The van der Waals surface area contributed by atoms with Gasteiger partial charge >= 0.3 is 0 Å². The summed E-state index contributed by atoms with van der Waals surface area (Å²) in [6, 6.07) is 4.14. The van der Waals surface area contributed by atoms with Crippen LogP contribution < -0.4 is 5.73 Å². The first-order valence-electron chi connectivity index (χ1n) is 4.80. The third kappa shape index (κ3) is 2.04. The third-order valence-electron chi connectivity index (χ3n) is 2.63. The summed E-state index contributed by atoms with van der Waals surface area (Å²) in [4.78, 5) is 0. The second-order valence-electron chi connectivity index (χ2n) is 3.59. The van der Waals surface area contributed by atoms with E-state index in [0.29, 0.717) is 5.56 Å². The molecule has 0 saturated heterocycles. The highest BCUT2D eigenvalue weighted by Gasteiger charge is 2.18. The van der Waals surface area contributed by atoms with Crippen molar-refractivity contribution in [3.05, 3.63) is 29.6 Å². The summed E-state index contributed by atoms with van der Waals surface area (Å²) in [6.07, 6.45) is 0.900. The van der Waals surface area contributed by atoms with Crippen molar-refractivity contribution in [2.45, 2.75) is 26.3 Å². The Balaban J connectivity index is 3.01. The first-order valence-corrected chi connectivity index (χ1v) is 4.80. The second kappa shape index (κ2) is 4.42. The fraction of sp³-hybridized carbons (Fsp3) is 0.455. The highest BCUT2D eigenvalue weighted by Crippen LogP contribution is 2.30. The zero-order valence-corrected chi connectivity index (χ0v) is 8.50. The lowest BCUT2D eigenvalue weighted by Crippen LogP contribution is -2.18. The molecule has 0 saturated carbocycles. The molecule has 3 N–H and O–H groups in total. The van der Waals surface area contributed by atoms with Crippen LogP contribution in [0.25, 0.3) is 0 Å². The summed E-state index contributed by atoms with van der Waals surface area (Å²) in [5.74, 6) is -0.704. The molecule has 2 atom stereocenters. The molecule has 1 aromatic rings. The number of nitrogens with two attached hydrogens (primary N) is 1. The Morgan fingerprint density at radius 3 is 2.71 bits per heavy atom. The average Bonchev–Trinajstić information content (AvgIpc) is 2.20. The maximum Gasteiger partial charge on any atom is 0.165 e. The van der Waals surface area contributed by atoms with E-state index in [1.165, 1.54) is 6.07 Å². The summed E-state index contributed by atoms with van der Waals surface area (Å²) in [5.41, 5.74) is 6.38. The number of para-hydroxylation sites is 1. The predicted octanol–water partition coefficient (Wildman–Crippen LogP) is 2.58. The van der Waals surface area contributed by atoms with Crippen molar-refractivity contribution >= 4 is 0 Å². The van der Waals surface area contributed by atoms with E-state index in [2.05, 4.69) is 0 Å². The molecule has 0 aliphatic carbocycles. The Morgan fingerprint density at radius 2 is 2.14 bits per heavy atom. The minimum Gasteiger partial charge on any atom is -0.505 e. The van der Waals surface area contributed by atoms with Gasteiger partial charge in [0.1, 0.15) is 0 Å². The monoisotopic (exact) mass is 197 g/mol. The van der Waals surface area contributed by atoms with E-state index in [4.69, 9.17) is 5.73 Å². The standard InChI is InChI=1S/C11H16FNO/c1-3-7(2)10(13)8-5-4-6-9(12)11(8)14/h4-7,10,14H,3,13H2,1-2H3/t7?,10-/m0/s1. The zero-order chi connectivity index (χ0) is 10.7. The number of halogens is 1. The van der Waals surface area contributed by atoms with Crippen LogP contribution in [0.4, 0.5) is 4.39 Å². The molecule has 0 bridgehead atoms. The minimum absolute atomic E-state index is 0.225. The number of aromatic hydroxyl groups is 1. The van der Waals surface area contributed by atoms with Crippen molar-refractivity contribution < 1.29 is 9.50 Å². The van der Waals surface area contributed by atoms with Crippen molar-refractivity contribution in [2.24, 2.45) is 11.7 Å². The molecule has 0 radical (unpaired) electrons. The minimum atomic E-state index is -0.610. The van der Waals surface area contributed by atoms with Crippen LogP contribution in [0.1, 0.15) is 31.9 Å². The summed E-state index contributed by atoms with van der Waals surface area (Å²) >= 11 is 0. The molecule has 78 valence electrons. The van der Waals surface area contributed by atoms with Crippen molar-refractivity contribution in [3.8, 4) is 5.75 Å². The first-order chi connectivity index (χ1) is 6.57. The van der Waals surface area contributed by atoms with Crippen LogP contribution in [-0.2, 0) is 0 Å².